The van der Waals surface area contributed by atoms with Gasteiger partial charge in [0.25, 0.3) is 0 Å². The Morgan fingerprint density at radius 3 is 3.00 bits per heavy atom. The van der Waals surface area contributed by atoms with Gasteiger partial charge in [0.05, 0.1) is 0 Å². The van der Waals surface area contributed by atoms with Crippen molar-refractivity contribution in [2.24, 2.45) is 7.05 Å². The first-order valence-corrected chi connectivity index (χ1v) is 6.10. The molecule has 0 amide bonds. The van der Waals surface area contributed by atoms with E-state index >= 15 is 0 Å². The molecule has 1 N–H and O–H groups in total. The average molecular weight is 222 g/mol. The Morgan fingerprint density at radius 2 is 2.31 bits per heavy atom. The van der Waals surface area contributed by atoms with E-state index in [2.05, 4.69) is 40.7 Å². The molecule has 16 heavy (non-hydrogen) atoms. The minimum atomic E-state index is 0.609. The summed E-state index contributed by atoms with van der Waals surface area (Å²) in [7, 11) is 2.06. The second-order valence-corrected chi connectivity index (χ2v) is 4.86. The number of aromatic nitrogens is 2. The van der Waals surface area contributed by atoms with E-state index in [0.717, 1.165) is 26.1 Å². The van der Waals surface area contributed by atoms with Gasteiger partial charge < -0.3 is 9.88 Å². The number of nitrogens with zero attached hydrogens (tertiary/aromatic N) is 3. The van der Waals surface area contributed by atoms with Crippen LogP contribution in [0.4, 0.5) is 0 Å². The Bertz CT molecular complexity index is 334. The summed E-state index contributed by atoms with van der Waals surface area (Å²) in [5.41, 5.74) is 0. The smallest absolute Gasteiger partial charge is 0.109 e. The summed E-state index contributed by atoms with van der Waals surface area (Å²) < 4.78 is 2.11. The summed E-state index contributed by atoms with van der Waals surface area (Å²) in [4.78, 5) is 6.92. The van der Waals surface area contributed by atoms with Crippen LogP contribution in [0.3, 0.4) is 0 Å². The molecule has 0 radical (unpaired) electrons. The van der Waals surface area contributed by atoms with Crippen LogP contribution in [0.1, 0.15) is 19.7 Å². The van der Waals surface area contributed by atoms with E-state index in [-0.39, 0.29) is 0 Å². The van der Waals surface area contributed by atoms with E-state index in [1.807, 2.05) is 12.4 Å². The Labute approximate surface area is 97.7 Å². The van der Waals surface area contributed by atoms with Gasteiger partial charge in [-0.15, -0.1) is 0 Å². The van der Waals surface area contributed by atoms with E-state index in [4.69, 9.17) is 0 Å². The average Bonchev–Trinajstić information content (AvgIpc) is 2.66. The molecule has 4 heteroatoms. The van der Waals surface area contributed by atoms with Gasteiger partial charge in [-0.05, 0) is 13.8 Å². The minimum Gasteiger partial charge on any atom is -0.338 e. The van der Waals surface area contributed by atoms with Crippen LogP contribution >= 0.6 is 0 Å². The predicted octanol–water partition coefficient (Wildman–Crippen LogP) is 0.645. The van der Waals surface area contributed by atoms with Crippen molar-refractivity contribution in [2.75, 3.05) is 19.6 Å². The van der Waals surface area contributed by atoms with Gasteiger partial charge in [0.1, 0.15) is 5.82 Å². The van der Waals surface area contributed by atoms with Crippen LogP contribution in [0.5, 0.6) is 0 Å². The Hall–Kier alpha value is -0.870. The van der Waals surface area contributed by atoms with Crippen molar-refractivity contribution in [1.82, 2.24) is 19.8 Å². The zero-order valence-corrected chi connectivity index (χ0v) is 10.5. The third-order valence-electron chi connectivity index (χ3n) is 3.44. The molecule has 2 unspecified atom stereocenters. The van der Waals surface area contributed by atoms with Crippen LogP contribution in [-0.4, -0.2) is 46.2 Å². The lowest BCUT2D eigenvalue weighted by Gasteiger charge is -2.37. The first-order valence-electron chi connectivity index (χ1n) is 6.10. The minimum absolute atomic E-state index is 0.609. The van der Waals surface area contributed by atoms with Gasteiger partial charge >= 0.3 is 0 Å². The SMILES string of the molecule is CC1CN(CCc2nccn2C)C(C)CN1. The lowest BCUT2D eigenvalue weighted by molar-refractivity contribution is 0.147. The van der Waals surface area contributed by atoms with Crippen LogP contribution in [0.2, 0.25) is 0 Å². The molecule has 0 saturated carbocycles. The molecule has 1 aliphatic rings. The first kappa shape index (κ1) is 11.6. The van der Waals surface area contributed by atoms with Gasteiger partial charge in [-0.1, -0.05) is 0 Å². The number of nitrogens with one attached hydrogen (secondary N) is 1. The van der Waals surface area contributed by atoms with E-state index in [1.54, 1.807) is 0 Å². The summed E-state index contributed by atoms with van der Waals surface area (Å²) in [5, 5.41) is 3.50. The molecule has 1 aromatic rings. The van der Waals surface area contributed by atoms with Crippen LogP contribution in [-0.2, 0) is 13.5 Å². The molecule has 2 heterocycles. The monoisotopic (exact) mass is 222 g/mol. The molecule has 1 aliphatic heterocycles. The number of piperazine rings is 1. The standard InChI is InChI=1S/C12H22N4/c1-10-9-16(11(2)8-14-10)6-4-12-13-5-7-15(12)3/h5,7,10-11,14H,4,6,8-9H2,1-3H3. The zero-order valence-electron chi connectivity index (χ0n) is 10.5. The molecule has 0 aromatic carbocycles. The lowest BCUT2D eigenvalue weighted by Crippen LogP contribution is -2.54. The summed E-state index contributed by atoms with van der Waals surface area (Å²) in [6, 6.07) is 1.24. The maximum absolute atomic E-state index is 4.36. The highest BCUT2D eigenvalue weighted by atomic mass is 15.2. The molecule has 1 saturated heterocycles. The third-order valence-corrected chi connectivity index (χ3v) is 3.44. The Morgan fingerprint density at radius 1 is 1.50 bits per heavy atom. The molecule has 90 valence electrons. The highest BCUT2D eigenvalue weighted by Crippen LogP contribution is 2.07. The van der Waals surface area contributed by atoms with Gasteiger partial charge in [0.15, 0.2) is 0 Å². The van der Waals surface area contributed by atoms with E-state index in [9.17, 15) is 0 Å². The summed E-state index contributed by atoms with van der Waals surface area (Å²) in [6.07, 6.45) is 4.93. The number of hydrogen-bond acceptors (Lipinski definition) is 3. The van der Waals surface area contributed by atoms with Crippen molar-refractivity contribution in [2.45, 2.75) is 32.4 Å². The zero-order chi connectivity index (χ0) is 11.5. The quantitative estimate of drug-likeness (QED) is 0.815. The molecule has 2 rings (SSSR count). The number of aryl methyl sites for hydroxylation is 1. The molecule has 1 aromatic heterocycles. The molecule has 2 atom stereocenters. The highest BCUT2D eigenvalue weighted by Gasteiger charge is 2.21. The third kappa shape index (κ3) is 2.62. The van der Waals surface area contributed by atoms with Gasteiger partial charge in [-0.2, -0.15) is 0 Å². The topological polar surface area (TPSA) is 33.1 Å². The summed E-state index contributed by atoms with van der Waals surface area (Å²) >= 11 is 0. The predicted molar refractivity (Wildman–Crippen MR) is 65.4 cm³/mol. The van der Waals surface area contributed by atoms with Crippen LogP contribution in [0, 0.1) is 0 Å². The van der Waals surface area contributed by atoms with Crippen LogP contribution in [0.15, 0.2) is 12.4 Å². The van der Waals surface area contributed by atoms with Crippen molar-refractivity contribution in [3.63, 3.8) is 0 Å². The van der Waals surface area contributed by atoms with Crippen molar-refractivity contribution < 1.29 is 0 Å². The van der Waals surface area contributed by atoms with E-state index in [1.165, 1.54) is 5.82 Å². The molecular weight excluding hydrogens is 200 g/mol. The highest BCUT2D eigenvalue weighted by molar-refractivity contribution is 4.93. The summed E-state index contributed by atoms with van der Waals surface area (Å²) in [5.74, 6) is 1.18. The van der Waals surface area contributed by atoms with Crippen molar-refractivity contribution in [3.05, 3.63) is 18.2 Å². The van der Waals surface area contributed by atoms with Gasteiger partial charge in [-0.3, -0.25) is 4.90 Å². The number of hydrogen-bond donors (Lipinski definition) is 1. The Balaban J connectivity index is 1.87. The molecular formula is C12H22N4. The van der Waals surface area contributed by atoms with E-state index < -0.39 is 0 Å². The van der Waals surface area contributed by atoms with Crippen LogP contribution in [0.25, 0.3) is 0 Å². The molecule has 1 fully saturated rings. The van der Waals surface area contributed by atoms with Crippen molar-refractivity contribution in [3.8, 4) is 0 Å². The molecule has 0 spiro atoms. The normalized spacial score (nSPS) is 27.2. The fourth-order valence-electron chi connectivity index (χ4n) is 2.29. The largest absolute Gasteiger partial charge is 0.338 e. The number of imidazole rings is 1. The Kier molecular flexibility index (Phi) is 3.61. The number of rotatable bonds is 3. The summed E-state index contributed by atoms with van der Waals surface area (Å²) in [6.45, 7) is 7.89. The maximum atomic E-state index is 4.36. The fraction of sp³-hybridized carbons (Fsp3) is 0.750. The second-order valence-electron chi connectivity index (χ2n) is 4.86. The molecule has 0 bridgehead atoms. The van der Waals surface area contributed by atoms with Gasteiger partial charge in [0.2, 0.25) is 0 Å². The van der Waals surface area contributed by atoms with Crippen molar-refractivity contribution >= 4 is 0 Å². The second kappa shape index (κ2) is 4.97. The van der Waals surface area contributed by atoms with Crippen molar-refractivity contribution in [1.29, 1.82) is 0 Å². The van der Waals surface area contributed by atoms with Crippen LogP contribution < -0.4 is 5.32 Å². The molecule has 4 nitrogen and oxygen atoms in total. The fourth-order valence-corrected chi connectivity index (χ4v) is 2.29. The lowest BCUT2D eigenvalue weighted by atomic mass is 10.1. The van der Waals surface area contributed by atoms with E-state index in [0.29, 0.717) is 12.1 Å². The van der Waals surface area contributed by atoms with Gasteiger partial charge in [-0.25, -0.2) is 4.98 Å². The van der Waals surface area contributed by atoms with Gasteiger partial charge in [0, 0.05) is 57.6 Å². The maximum Gasteiger partial charge on any atom is 0.109 e. The first-order chi connectivity index (χ1) is 7.66. The molecule has 0 aliphatic carbocycles.